The highest BCUT2D eigenvalue weighted by Gasteiger charge is 2.01. The van der Waals surface area contributed by atoms with Gasteiger partial charge in [0.05, 0.1) is 0 Å². The first-order valence-electron chi connectivity index (χ1n) is 3.74. The minimum Gasteiger partial charge on any atom is -0.365 e. The highest BCUT2D eigenvalue weighted by molar-refractivity contribution is 14.1. The topological polar surface area (TPSA) is 37.0 Å². The second-order valence-electron chi connectivity index (χ2n) is 2.52. The molecule has 1 heterocycles. The van der Waals surface area contributed by atoms with Crippen molar-refractivity contribution >= 4 is 45.7 Å². The zero-order valence-corrected chi connectivity index (χ0v) is 10.4. The lowest BCUT2D eigenvalue weighted by molar-refractivity contribution is 1.17. The van der Waals surface area contributed by atoms with Crippen molar-refractivity contribution < 1.29 is 0 Å². The van der Waals surface area contributed by atoms with Gasteiger partial charge in [-0.2, -0.15) is 0 Å². The Bertz CT molecular complexity index is 327. The van der Waals surface area contributed by atoms with Gasteiger partial charge in [0, 0.05) is 16.8 Å². The molecular formula is C8H10IN3S. The number of nitrogens with zero attached hydrogens (tertiary/aromatic N) is 1. The van der Waals surface area contributed by atoms with E-state index < -0.39 is 0 Å². The minimum absolute atomic E-state index is 0.580. The van der Waals surface area contributed by atoms with Gasteiger partial charge in [0.2, 0.25) is 0 Å². The average molecular weight is 307 g/mol. The number of anilines is 1. The van der Waals surface area contributed by atoms with Crippen molar-refractivity contribution in [2.45, 2.75) is 6.92 Å². The third kappa shape index (κ3) is 3.07. The number of hydrogen-bond donors (Lipinski definition) is 2. The van der Waals surface area contributed by atoms with E-state index >= 15 is 0 Å². The van der Waals surface area contributed by atoms with Crippen LogP contribution in [0.4, 0.5) is 5.82 Å². The Labute approximate surface area is 96.5 Å². The maximum atomic E-state index is 4.97. The summed E-state index contributed by atoms with van der Waals surface area (Å²) in [7, 11) is 1.78. The van der Waals surface area contributed by atoms with Crippen LogP contribution in [0, 0.1) is 10.5 Å². The van der Waals surface area contributed by atoms with Crippen molar-refractivity contribution in [1.82, 2.24) is 10.3 Å². The Kier molecular flexibility index (Phi) is 3.86. The Balaban J connectivity index is 2.83. The van der Waals surface area contributed by atoms with Gasteiger partial charge in [-0.3, -0.25) is 0 Å². The molecule has 5 heteroatoms. The molecule has 2 N–H and O–H groups in total. The van der Waals surface area contributed by atoms with E-state index in [0.717, 1.165) is 15.0 Å². The summed E-state index contributed by atoms with van der Waals surface area (Å²) >= 11 is 7.19. The molecule has 0 radical (unpaired) electrons. The second-order valence-corrected chi connectivity index (χ2v) is 4.18. The molecule has 0 saturated carbocycles. The fourth-order valence-electron chi connectivity index (χ4n) is 0.841. The molecule has 0 aliphatic rings. The van der Waals surface area contributed by atoms with E-state index in [1.165, 1.54) is 0 Å². The summed E-state index contributed by atoms with van der Waals surface area (Å²) < 4.78 is 1.12. The monoisotopic (exact) mass is 307 g/mol. The number of nitrogens with one attached hydrogen (secondary N) is 2. The molecule has 0 aliphatic carbocycles. The summed E-state index contributed by atoms with van der Waals surface area (Å²) in [5.41, 5.74) is 1.09. The van der Waals surface area contributed by atoms with Crippen LogP contribution in [0.5, 0.6) is 0 Å². The van der Waals surface area contributed by atoms with Gasteiger partial charge < -0.3 is 10.6 Å². The van der Waals surface area contributed by atoms with Crippen LogP contribution >= 0.6 is 34.8 Å². The highest BCUT2D eigenvalue weighted by atomic mass is 127. The largest absolute Gasteiger partial charge is 0.365 e. The standard InChI is InChI=1S/C8H10IN3S/c1-5-3-6(9)4-11-7(5)12-8(13)10-2/h3-4H,1-2H3,(H2,10,11,12,13). The third-order valence-corrected chi connectivity index (χ3v) is 2.40. The van der Waals surface area contributed by atoms with E-state index in [2.05, 4.69) is 38.2 Å². The molecule has 0 fully saturated rings. The molecule has 0 amide bonds. The SMILES string of the molecule is CNC(=S)Nc1ncc(I)cc1C. The summed E-state index contributed by atoms with van der Waals surface area (Å²) in [6.07, 6.45) is 1.80. The van der Waals surface area contributed by atoms with E-state index in [9.17, 15) is 0 Å². The summed E-state index contributed by atoms with van der Waals surface area (Å²) in [4.78, 5) is 4.22. The maximum absolute atomic E-state index is 4.97. The van der Waals surface area contributed by atoms with Gasteiger partial charge in [0.1, 0.15) is 5.82 Å². The molecule has 1 aromatic heterocycles. The molecule has 1 rings (SSSR count). The van der Waals surface area contributed by atoms with Crippen LogP contribution in [-0.2, 0) is 0 Å². The molecular weight excluding hydrogens is 297 g/mol. The lowest BCUT2D eigenvalue weighted by Gasteiger charge is -2.08. The quantitative estimate of drug-likeness (QED) is 0.614. The number of aryl methyl sites for hydroxylation is 1. The average Bonchev–Trinajstić information content (AvgIpc) is 2.09. The van der Waals surface area contributed by atoms with Crippen molar-refractivity contribution in [2.24, 2.45) is 0 Å². The number of halogens is 1. The predicted molar refractivity (Wildman–Crippen MR) is 67.0 cm³/mol. The predicted octanol–water partition coefficient (Wildman–Crippen LogP) is 1.91. The summed E-state index contributed by atoms with van der Waals surface area (Å²) in [5, 5.41) is 6.41. The van der Waals surface area contributed by atoms with Crippen LogP contribution < -0.4 is 10.6 Å². The Morgan fingerprint density at radius 1 is 1.62 bits per heavy atom. The number of aromatic nitrogens is 1. The van der Waals surface area contributed by atoms with Gasteiger partial charge in [-0.05, 0) is 53.4 Å². The zero-order chi connectivity index (χ0) is 9.84. The Hall–Kier alpha value is -0.430. The fraction of sp³-hybridized carbons (Fsp3) is 0.250. The smallest absolute Gasteiger partial charge is 0.171 e. The van der Waals surface area contributed by atoms with E-state index in [1.54, 1.807) is 13.2 Å². The van der Waals surface area contributed by atoms with Gasteiger partial charge in [-0.25, -0.2) is 4.98 Å². The normalized spacial score (nSPS) is 9.46. The van der Waals surface area contributed by atoms with Crippen LogP contribution in [0.1, 0.15) is 5.56 Å². The van der Waals surface area contributed by atoms with Gasteiger partial charge in [-0.1, -0.05) is 0 Å². The Morgan fingerprint density at radius 3 is 2.85 bits per heavy atom. The molecule has 0 saturated heterocycles. The molecule has 0 aliphatic heterocycles. The number of thiocarbonyl (C=S) groups is 1. The first kappa shape index (κ1) is 10.6. The lowest BCUT2D eigenvalue weighted by Crippen LogP contribution is -2.25. The van der Waals surface area contributed by atoms with Crippen LogP contribution in [0.3, 0.4) is 0 Å². The van der Waals surface area contributed by atoms with Gasteiger partial charge in [0.25, 0.3) is 0 Å². The van der Waals surface area contributed by atoms with Crippen molar-refractivity contribution in [1.29, 1.82) is 0 Å². The molecule has 0 aromatic carbocycles. The first-order valence-corrected chi connectivity index (χ1v) is 5.23. The van der Waals surface area contributed by atoms with Gasteiger partial charge >= 0.3 is 0 Å². The molecule has 0 atom stereocenters. The number of rotatable bonds is 1. The van der Waals surface area contributed by atoms with E-state index in [-0.39, 0.29) is 0 Å². The fourth-order valence-corrected chi connectivity index (χ4v) is 1.54. The van der Waals surface area contributed by atoms with E-state index in [0.29, 0.717) is 5.11 Å². The van der Waals surface area contributed by atoms with Crippen molar-refractivity contribution in [3.8, 4) is 0 Å². The molecule has 0 spiro atoms. The molecule has 0 bridgehead atoms. The molecule has 1 aromatic rings. The molecule has 13 heavy (non-hydrogen) atoms. The maximum Gasteiger partial charge on any atom is 0.171 e. The third-order valence-electron chi connectivity index (χ3n) is 1.50. The van der Waals surface area contributed by atoms with Crippen molar-refractivity contribution in [3.05, 3.63) is 21.4 Å². The van der Waals surface area contributed by atoms with Crippen LogP contribution in [0.2, 0.25) is 0 Å². The summed E-state index contributed by atoms with van der Waals surface area (Å²) in [6.45, 7) is 2.00. The summed E-state index contributed by atoms with van der Waals surface area (Å²) in [5.74, 6) is 0.805. The minimum atomic E-state index is 0.580. The van der Waals surface area contributed by atoms with Crippen LogP contribution in [0.25, 0.3) is 0 Å². The highest BCUT2D eigenvalue weighted by Crippen LogP contribution is 2.13. The molecule has 70 valence electrons. The van der Waals surface area contributed by atoms with E-state index in [4.69, 9.17) is 12.2 Å². The number of hydrogen-bond acceptors (Lipinski definition) is 2. The molecule has 0 unspecified atom stereocenters. The van der Waals surface area contributed by atoms with E-state index in [1.807, 2.05) is 13.0 Å². The molecule has 3 nitrogen and oxygen atoms in total. The van der Waals surface area contributed by atoms with Crippen LogP contribution in [0.15, 0.2) is 12.3 Å². The zero-order valence-electron chi connectivity index (χ0n) is 7.39. The van der Waals surface area contributed by atoms with Crippen molar-refractivity contribution in [3.63, 3.8) is 0 Å². The van der Waals surface area contributed by atoms with Gasteiger partial charge in [-0.15, -0.1) is 0 Å². The number of pyridine rings is 1. The van der Waals surface area contributed by atoms with Crippen molar-refractivity contribution in [2.75, 3.05) is 12.4 Å². The Morgan fingerprint density at radius 2 is 2.31 bits per heavy atom. The summed E-state index contributed by atoms with van der Waals surface area (Å²) in [6, 6.07) is 2.05. The second kappa shape index (κ2) is 4.71. The lowest BCUT2D eigenvalue weighted by atomic mass is 10.3. The van der Waals surface area contributed by atoms with Gasteiger partial charge in [0.15, 0.2) is 5.11 Å². The first-order chi connectivity index (χ1) is 6.13. The van der Waals surface area contributed by atoms with Crippen LogP contribution in [-0.4, -0.2) is 17.1 Å².